The summed E-state index contributed by atoms with van der Waals surface area (Å²) in [5, 5.41) is 6.72. The van der Waals surface area contributed by atoms with E-state index in [2.05, 4.69) is 46.0 Å². The fraction of sp³-hybridized carbons (Fsp3) is 0.381. The molecule has 26 heavy (non-hydrogen) atoms. The van der Waals surface area contributed by atoms with Crippen LogP contribution < -0.4 is 10.6 Å². The zero-order chi connectivity index (χ0) is 18.2. The molecule has 0 spiro atoms. The molecule has 1 atom stereocenters. The van der Waals surface area contributed by atoms with Crippen molar-refractivity contribution in [2.24, 2.45) is 4.99 Å². The number of nitrogens with zero attached hydrogens (tertiary/aromatic N) is 1. The van der Waals surface area contributed by atoms with Gasteiger partial charge in [0, 0.05) is 47.9 Å². The average molecular weight is 370 g/mol. The summed E-state index contributed by atoms with van der Waals surface area (Å²) in [5.74, 6) is 1.99. The molecule has 2 aromatic rings. The number of guanidine groups is 1. The first-order chi connectivity index (χ1) is 12.7. The average Bonchev–Trinajstić information content (AvgIpc) is 3.47. The summed E-state index contributed by atoms with van der Waals surface area (Å²) >= 11 is 0. The van der Waals surface area contributed by atoms with Crippen molar-refractivity contribution in [2.45, 2.75) is 24.0 Å². The van der Waals surface area contributed by atoms with E-state index < -0.39 is 10.8 Å². The minimum atomic E-state index is -0.873. The van der Waals surface area contributed by atoms with Crippen LogP contribution in [0.1, 0.15) is 24.0 Å². The van der Waals surface area contributed by atoms with E-state index in [0.717, 1.165) is 18.1 Å². The molecule has 1 aliphatic carbocycles. The van der Waals surface area contributed by atoms with Crippen molar-refractivity contribution in [3.63, 3.8) is 0 Å². The lowest BCUT2D eigenvalue weighted by molar-refractivity contribution is 0.647. The number of hydrogen-bond acceptors (Lipinski definition) is 2. The van der Waals surface area contributed by atoms with E-state index in [9.17, 15) is 4.21 Å². The first kappa shape index (κ1) is 18.6. The highest BCUT2D eigenvalue weighted by atomic mass is 32.2. The van der Waals surface area contributed by atoms with Crippen molar-refractivity contribution in [3.05, 3.63) is 71.8 Å². The standard InChI is InChI=1S/C21H27N3OS/c1-22-20(23-14-15-26(25)16-18-8-4-2-5-9-18)24-17-21(12-13-21)19-10-6-3-7-11-19/h2-11H,12-17H2,1H3,(H2,22,23,24). The molecule has 138 valence electrons. The Bertz CT molecular complexity index is 742. The number of nitrogens with one attached hydrogen (secondary N) is 2. The van der Waals surface area contributed by atoms with Gasteiger partial charge in [-0.3, -0.25) is 9.20 Å². The zero-order valence-corrected chi connectivity index (χ0v) is 16.1. The molecule has 0 aromatic heterocycles. The summed E-state index contributed by atoms with van der Waals surface area (Å²) < 4.78 is 12.2. The minimum Gasteiger partial charge on any atom is -0.356 e. The molecular formula is C21H27N3OS. The van der Waals surface area contributed by atoms with Gasteiger partial charge in [-0.2, -0.15) is 0 Å². The van der Waals surface area contributed by atoms with Gasteiger partial charge in [-0.15, -0.1) is 0 Å². The summed E-state index contributed by atoms with van der Waals surface area (Å²) in [6.07, 6.45) is 2.42. The second-order valence-corrected chi connectivity index (χ2v) is 8.35. The van der Waals surface area contributed by atoms with Crippen LogP contribution in [0.4, 0.5) is 0 Å². The van der Waals surface area contributed by atoms with Crippen molar-refractivity contribution < 1.29 is 4.21 Å². The third-order valence-corrected chi connectivity index (χ3v) is 6.16. The lowest BCUT2D eigenvalue weighted by atomic mass is 9.96. The first-order valence-corrected chi connectivity index (χ1v) is 10.6. The van der Waals surface area contributed by atoms with Crippen LogP contribution in [0.3, 0.4) is 0 Å². The lowest BCUT2D eigenvalue weighted by Gasteiger charge is -2.19. The van der Waals surface area contributed by atoms with Crippen molar-refractivity contribution >= 4 is 16.8 Å². The Hall–Kier alpha value is -2.14. The summed E-state index contributed by atoms with van der Waals surface area (Å²) in [4.78, 5) is 4.29. The number of aliphatic imine (C=N–C) groups is 1. The molecule has 3 rings (SSSR count). The van der Waals surface area contributed by atoms with Gasteiger partial charge in [0.2, 0.25) is 0 Å². The molecule has 0 bridgehead atoms. The second kappa shape index (κ2) is 8.99. The van der Waals surface area contributed by atoms with Crippen LogP contribution in [0.2, 0.25) is 0 Å². The van der Waals surface area contributed by atoms with Gasteiger partial charge in [0.1, 0.15) is 0 Å². The van der Waals surface area contributed by atoms with Crippen molar-refractivity contribution in [2.75, 3.05) is 25.9 Å². The van der Waals surface area contributed by atoms with Crippen LogP contribution in [0.25, 0.3) is 0 Å². The van der Waals surface area contributed by atoms with Crippen LogP contribution in [0.15, 0.2) is 65.7 Å². The Morgan fingerprint density at radius 1 is 1.04 bits per heavy atom. The van der Waals surface area contributed by atoms with Gasteiger partial charge in [-0.25, -0.2) is 0 Å². The summed E-state index contributed by atoms with van der Waals surface area (Å²) in [6.45, 7) is 1.53. The Morgan fingerprint density at radius 3 is 2.31 bits per heavy atom. The normalized spacial score (nSPS) is 16.7. The predicted molar refractivity (Wildman–Crippen MR) is 110 cm³/mol. The Morgan fingerprint density at radius 2 is 1.69 bits per heavy atom. The molecule has 0 amide bonds. The van der Waals surface area contributed by atoms with Crippen molar-refractivity contribution in [1.82, 2.24) is 10.6 Å². The van der Waals surface area contributed by atoms with E-state index in [1.807, 2.05) is 30.3 Å². The third kappa shape index (κ3) is 5.18. The maximum Gasteiger partial charge on any atom is 0.191 e. The van der Waals surface area contributed by atoms with Gasteiger partial charge in [-0.05, 0) is 24.0 Å². The number of benzene rings is 2. The second-order valence-electron chi connectivity index (χ2n) is 6.77. The quantitative estimate of drug-likeness (QED) is 0.556. The van der Waals surface area contributed by atoms with Crippen LogP contribution in [0.5, 0.6) is 0 Å². The highest BCUT2D eigenvalue weighted by molar-refractivity contribution is 7.84. The zero-order valence-electron chi connectivity index (χ0n) is 15.3. The van der Waals surface area contributed by atoms with Crippen molar-refractivity contribution in [3.8, 4) is 0 Å². The van der Waals surface area contributed by atoms with Crippen LogP contribution >= 0.6 is 0 Å². The maximum atomic E-state index is 12.2. The third-order valence-electron chi connectivity index (χ3n) is 4.85. The molecular weight excluding hydrogens is 342 g/mol. The van der Waals surface area contributed by atoms with Gasteiger partial charge in [0.15, 0.2) is 5.96 Å². The molecule has 0 radical (unpaired) electrons. The molecule has 0 saturated heterocycles. The molecule has 1 saturated carbocycles. The molecule has 4 nitrogen and oxygen atoms in total. The molecule has 0 aliphatic heterocycles. The molecule has 1 aliphatic rings. The van der Waals surface area contributed by atoms with E-state index in [1.54, 1.807) is 7.05 Å². The van der Waals surface area contributed by atoms with Gasteiger partial charge in [0.25, 0.3) is 0 Å². The van der Waals surface area contributed by atoms with E-state index in [4.69, 9.17) is 0 Å². The maximum absolute atomic E-state index is 12.2. The van der Waals surface area contributed by atoms with Gasteiger partial charge in [0.05, 0.1) is 0 Å². The Labute approximate surface area is 158 Å². The molecule has 2 N–H and O–H groups in total. The smallest absolute Gasteiger partial charge is 0.191 e. The number of hydrogen-bond donors (Lipinski definition) is 2. The molecule has 2 aromatic carbocycles. The largest absolute Gasteiger partial charge is 0.356 e. The van der Waals surface area contributed by atoms with Crippen LogP contribution in [0, 0.1) is 0 Å². The minimum absolute atomic E-state index is 0.245. The highest BCUT2D eigenvalue weighted by Crippen LogP contribution is 2.47. The molecule has 0 heterocycles. The Balaban J connectivity index is 1.41. The first-order valence-electron chi connectivity index (χ1n) is 9.11. The summed E-state index contributed by atoms with van der Waals surface area (Å²) in [7, 11) is 0.903. The van der Waals surface area contributed by atoms with Gasteiger partial charge >= 0.3 is 0 Å². The van der Waals surface area contributed by atoms with Crippen LogP contribution in [-0.2, 0) is 22.0 Å². The fourth-order valence-electron chi connectivity index (χ4n) is 3.10. The summed E-state index contributed by atoms with van der Waals surface area (Å²) in [5.41, 5.74) is 2.76. The Kier molecular flexibility index (Phi) is 6.45. The molecule has 1 unspecified atom stereocenters. The van der Waals surface area contributed by atoms with Crippen LogP contribution in [-0.4, -0.2) is 36.1 Å². The topological polar surface area (TPSA) is 53.5 Å². The van der Waals surface area contributed by atoms with E-state index in [0.29, 0.717) is 18.1 Å². The predicted octanol–water partition coefficient (Wildman–Crippen LogP) is 2.83. The summed E-state index contributed by atoms with van der Waals surface area (Å²) in [6, 6.07) is 20.7. The van der Waals surface area contributed by atoms with Crippen molar-refractivity contribution in [1.29, 1.82) is 0 Å². The lowest BCUT2D eigenvalue weighted by Crippen LogP contribution is -2.42. The SMILES string of the molecule is CN=C(NCCS(=O)Cc1ccccc1)NCC1(c2ccccc2)CC1. The fourth-order valence-corrected chi connectivity index (χ4v) is 4.14. The molecule has 1 fully saturated rings. The van der Waals surface area contributed by atoms with E-state index in [-0.39, 0.29) is 5.41 Å². The van der Waals surface area contributed by atoms with Gasteiger partial charge < -0.3 is 10.6 Å². The molecule has 5 heteroatoms. The monoisotopic (exact) mass is 369 g/mol. The highest BCUT2D eigenvalue weighted by Gasteiger charge is 2.43. The van der Waals surface area contributed by atoms with Gasteiger partial charge in [-0.1, -0.05) is 60.7 Å². The number of rotatable bonds is 8. The van der Waals surface area contributed by atoms with E-state index >= 15 is 0 Å². The van der Waals surface area contributed by atoms with E-state index in [1.165, 1.54) is 18.4 Å².